The fourth-order valence-corrected chi connectivity index (χ4v) is 2.94. The molecule has 0 saturated carbocycles. The Bertz CT molecular complexity index is 667. The molecule has 1 heterocycles. The number of hydrogen-bond donors (Lipinski definition) is 2. The van der Waals surface area contributed by atoms with E-state index in [1.54, 1.807) is 0 Å². The third kappa shape index (κ3) is 8.60. The van der Waals surface area contributed by atoms with Crippen LogP contribution in [0.25, 0.3) is 0 Å². The average Bonchev–Trinajstić information content (AvgIpc) is 3.21. The molecule has 1 aromatic heterocycles. The topological polar surface area (TPSA) is 57.5 Å². The number of rotatable bonds is 11. The Balaban J connectivity index is 0.00000392. The maximum Gasteiger partial charge on any atom is 0.191 e. The summed E-state index contributed by atoms with van der Waals surface area (Å²) in [5.41, 5.74) is 2.65. The van der Waals surface area contributed by atoms with Crippen molar-refractivity contribution in [2.75, 3.05) is 26.2 Å². The number of hydrogen-bond acceptors (Lipinski definition) is 3. The second-order valence-electron chi connectivity index (χ2n) is 6.47. The first-order valence-electron chi connectivity index (χ1n) is 10.1. The first-order valence-corrected chi connectivity index (χ1v) is 10.1. The van der Waals surface area contributed by atoms with Gasteiger partial charge in [0, 0.05) is 38.6 Å². The molecule has 0 bridgehead atoms. The van der Waals surface area contributed by atoms with Crippen LogP contribution < -0.4 is 10.6 Å². The van der Waals surface area contributed by atoms with Gasteiger partial charge in [-0.05, 0) is 43.6 Å². The molecule has 156 valence electrons. The number of nitrogens with one attached hydrogen (secondary N) is 2. The van der Waals surface area contributed by atoms with E-state index in [1.165, 1.54) is 11.1 Å². The van der Waals surface area contributed by atoms with Crippen molar-refractivity contribution in [2.24, 2.45) is 4.99 Å². The van der Waals surface area contributed by atoms with Crippen molar-refractivity contribution < 1.29 is 0 Å². The summed E-state index contributed by atoms with van der Waals surface area (Å²) in [6.07, 6.45) is 4.81. The second-order valence-corrected chi connectivity index (χ2v) is 6.47. The van der Waals surface area contributed by atoms with Gasteiger partial charge in [0.15, 0.2) is 5.96 Å². The van der Waals surface area contributed by atoms with Gasteiger partial charge < -0.3 is 10.6 Å². The molecule has 2 N–H and O–H groups in total. The lowest BCUT2D eigenvalue weighted by molar-refractivity contribution is 0.295. The molecule has 2 aromatic rings. The largest absolute Gasteiger partial charge is 0.357 e. The van der Waals surface area contributed by atoms with Gasteiger partial charge in [0.1, 0.15) is 0 Å². The molecule has 0 radical (unpaired) electrons. The Morgan fingerprint density at radius 1 is 1.07 bits per heavy atom. The quantitative estimate of drug-likeness (QED) is 0.216. The highest BCUT2D eigenvalue weighted by Gasteiger charge is 2.06. The van der Waals surface area contributed by atoms with Crippen molar-refractivity contribution in [1.82, 2.24) is 25.3 Å². The molecule has 7 heteroatoms. The predicted molar refractivity (Wildman–Crippen MR) is 128 cm³/mol. The Kier molecular flexibility index (Phi) is 12.6. The van der Waals surface area contributed by atoms with Crippen LogP contribution in [-0.2, 0) is 19.6 Å². The van der Waals surface area contributed by atoms with Crippen LogP contribution in [0.3, 0.4) is 0 Å². The second kappa shape index (κ2) is 14.4. The Hall–Kier alpha value is -1.61. The van der Waals surface area contributed by atoms with Crippen molar-refractivity contribution in [2.45, 2.75) is 46.8 Å². The molecule has 0 amide bonds. The van der Waals surface area contributed by atoms with Crippen molar-refractivity contribution in [1.29, 1.82) is 0 Å². The zero-order valence-electron chi connectivity index (χ0n) is 17.4. The highest BCUT2D eigenvalue weighted by molar-refractivity contribution is 14.0. The van der Waals surface area contributed by atoms with E-state index in [4.69, 9.17) is 4.99 Å². The average molecular weight is 498 g/mol. The maximum atomic E-state index is 4.79. The van der Waals surface area contributed by atoms with Crippen molar-refractivity contribution in [3.8, 4) is 0 Å². The minimum atomic E-state index is 0. The molecule has 0 saturated heterocycles. The highest BCUT2D eigenvalue weighted by atomic mass is 127. The van der Waals surface area contributed by atoms with E-state index >= 15 is 0 Å². The molecule has 1 aromatic carbocycles. The summed E-state index contributed by atoms with van der Waals surface area (Å²) in [6, 6.07) is 10.6. The van der Waals surface area contributed by atoms with E-state index in [2.05, 4.69) is 65.7 Å². The Morgan fingerprint density at radius 3 is 2.46 bits per heavy atom. The van der Waals surface area contributed by atoms with Gasteiger partial charge in [-0.2, -0.15) is 5.10 Å². The summed E-state index contributed by atoms with van der Waals surface area (Å²) in [5.74, 6) is 0.871. The summed E-state index contributed by atoms with van der Waals surface area (Å²) >= 11 is 0. The number of halogens is 1. The summed E-state index contributed by atoms with van der Waals surface area (Å²) < 4.78 is 1.95. The van der Waals surface area contributed by atoms with Crippen LogP contribution in [0, 0.1) is 0 Å². The molecule has 6 nitrogen and oxygen atoms in total. The summed E-state index contributed by atoms with van der Waals surface area (Å²) in [4.78, 5) is 7.22. The lowest BCUT2D eigenvalue weighted by Crippen LogP contribution is -2.38. The van der Waals surface area contributed by atoms with Crippen LogP contribution >= 0.6 is 24.0 Å². The molecule has 0 aliphatic heterocycles. The van der Waals surface area contributed by atoms with Gasteiger partial charge >= 0.3 is 0 Å². The molecular weight excluding hydrogens is 463 g/mol. The number of benzene rings is 1. The minimum Gasteiger partial charge on any atom is -0.357 e. The lowest BCUT2D eigenvalue weighted by atomic mass is 10.1. The van der Waals surface area contributed by atoms with Crippen LogP contribution in [0.15, 0.2) is 47.7 Å². The smallest absolute Gasteiger partial charge is 0.191 e. The lowest BCUT2D eigenvalue weighted by Gasteiger charge is -2.20. The van der Waals surface area contributed by atoms with Gasteiger partial charge in [-0.3, -0.25) is 9.58 Å². The van der Waals surface area contributed by atoms with Crippen LogP contribution in [0.4, 0.5) is 0 Å². The fraction of sp³-hybridized carbons (Fsp3) is 0.524. The van der Waals surface area contributed by atoms with E-state index in [9.17, 15) is 0 Å². The highest BCUT2D eigenvalue weighted by Crippen LogP contribution is 2.13. The molecule has 0 aliphatic rings. The third-order valence-electron chi connectivity index (χ3n) is 4.57. The van der Waals surface area contributed by atoms with E-state index in [-0.39, 0.29) is 24.0 Å². The number of aryl methyl sites for hydroxylation is 1. The van der Waals surface area contributed by atoms with E-state index in [1.807, 2.05) is 23.1 Å². The monoisotopic (exact) mass is 498 g/mol. The minimum absolute atomic E-state index is 0. The SMILES string of the molecule is CCNC(=NCc1ccccc1CN(CC)CC)NCCCn1cccn1.I. The third-order valence-corrected chi connectivity index (χ3v) is 4.57. The van der Waals surface area contributed by atoms with Gasteiger partial charge in [0.25, 0.3) is 0 Å². The maximum absolute atomic E-state index is 4.79. The van der Waals surface area contributed by atoms with Gasteiger partial charge in [-0.15, -0.1) is 24.0 Å². The van der Waals surface area contributed by atoms with Crippen molar-refractivity contribution >= 4 is 29.9 Å². The van der Waals surface area contributed by atoms with E-state index < -0.39 is 0 Å². The summed E-state index contributed by atoms with van der Waals surface area (Å²) in [6.45, 7) is 12.9. The number of aliphatic imine (C=N–C) groups is 1. The molecular formula is C21H35IN6. The van der Waals surface area contributed by atoms with Gasteiger partial charge in [0.2, 0.25) is 0 Å². The Morgan fingerprint density at radius 2 is 1.82 bits per heavy atom. The molecule has 28 heavy (non-hydrogen) atoms. The first kappa shape index (κ1) is 24.4. The van der Waals surface area contributed by atoms with Crippen molar-refractivity contribution in [3.05, 3.63) is 53.9 Å². The van der Waals surface area contributed by atoms with E-state index in [0.717, 1.165) is 51.6 Å². The molecule has 0 aliphatic carbocycles. The van der Waals surface area contributed by atoms with Crippen LogP contribution in [0.2, 0.25) is 0 Å². The molecule has 0 fully saturated rings. The number of aromatic nitrogens is 2. The van der Waals surface area contributed by atoms with Gasteiger partial charge in [-0.25, -0.2) is 4.99 Å². The predicted octanol–water partition coefficient (Wildman–Crippen LogP) is 3.49. The van der Waals surface area contributed by atoms with Crippen molar-refractivity contribution in [3.63, 3.8) is 0 Å². The molecule has 0 unspecified atom stereocenters. The van der Waals surface area contributed by atoms with E-state index in [0.29, 0.717) is 6.54 Å². The normalized spacial score (nSPS) is 11.4. The summed E-state index contributed by atoms with van der Waals surface area (Å²) in [7, 11) is 0. The standard InChI is InChI=1S/C21H34N6.HI/c1-4-22-21(23-13-9-15-27-16-10-14-25-27)24-17-19-11-7-8-12-20(19)18-26(5-2)6-3;/h7-8,10-12,14,16H,4-6,9,13,15,17-18H2,1-3H3,(H2,22,23,24);1H. The first-order chi connectivity index (χ1) is 13.3. The van der Waals surface area contributed by atoms with Crippen LogP contribution in [-0.4, -0.2) is 46.8 Å². The Labute approximate surface area is 186 Å². The van der Waals surface area contributed by atoms with Crippen LogP contribution in [0.1, 0.15) is 38.3 Å². The molecule has 2 rings (SSSR count). The summed E-state index contributed by atoms with van der Waals surface area (Å²) in [5, 5.41) is 11.0. The number of nitrogens with zero attached hydrogens (tertiary/aromatic N) is 4. The number of guanidine groups is 1. The zero-order chi connectivity index (χ0) is 19.3. The van der Waals surface area contributed by atoms with Gasteiger partial charge in [-0.1, -0.05) is 38.1 Å². The molecule has 0 atom stereocenters. The van der Waals surface area contributed by atoms with Crippen LogP contribution in [0.5, 0.6) is 0 Å². The fourth-order valence-electron chi connectivity index (χ4n) is 2.94. The van der Waals surface area contributed by atoms with Gasteiger partial charge in [0.05, 0.1) is 6.54 Å². The molecule has 0 spiro atoms. The zero-order valence-corrected chi connectivity index (χ0v) is 19.7.